The van der Waals surface area contributed by atoms with Gasteiger partial charge in [-0.25, -0.2) is 4.98 Å². The van der Waals surface area contributed by atoms with Crippen molar-refractivity contribution < 1.29 is 4.92 Å². The van der Waals surface area contributed by atoms with Crippen molar-refractivity contribution in [3.63, 3.8) is 0 Å². The van der Waals surface area contributed by atoms with Gasteiger partial charge in [-0.15, -0.1) is 0 Å². The lowest BCUT2D eigenvalue weighted by atomic mass is 10.2. The van der Waals surface area contributed by atoms with Crippen LogP contribution < -0.4 is 11.1 Å². The standard InChI is InChI=1S/C12H9N5O2/c13-6-8-5-11(17(18)19)7-15-12(8)16-10-3-1-9(14)2-4-10/h1-5,7H,14H2,(H,15,16). The van der Waals surface area contributed by atoms with Gasteiger partial charge in [-0.2, -0.15) is 5.26 Å². The molecule has 7 heteroatoms. The SMILES string of the molecule is N#Cc1cc([N+](=O)[O-])cnc1Nc1ccc(N)cc1. The van der Waals surface area contributed by atoms with Crippen LogP contribution in [0, 0.1) is 21.4 Å². The Balaban J connectivity index is 2.33. The molecule has 2 aromatic rings. The summed E-state index contributed by atoms with van der Waals surface area (Å²) < 4.78 is 0. The third-order valence-electron chi connectivity index (χ3n) is 2.38. The van der Waals surface area contributed by atoms with E-state index in [4.69, 9.17) is 11.0 Å². The summed E-state index contributed by atoms with van der Waals surface area (Å²) in [7, 11) is 0. The van der Waals surface area contributed by atoms with Crippen molar-refractivity contribution in [2.24, 2.45) is 0 Å². The molecule has 0 spiro atoms. The molecular weight excluding hydrogens is 246 g/mol. The molecule has 0 aliphatic heterocycles. The van der Waals surface area contributed by atoms with E-state index in [2.05, 4.69) is 10.3 Å². The monoisotopic (exact) mass is 255 g/mol. The zero-order valence-electron chi connectivity index (χ0n) is 9.70. The molecule has 0 unspecified atom stereocenters. The number of hydrogen-bond donors (Lipinski definition) is 2. The molecule has 94 valence electrons. The molecule has 19 heavy (non-hydrogen) atoms. The van der Waals surface area contributed by atoms with Crippen LogP contribution in [0.5, 0.6) is 0 Å². The fourth-order valence-corrected chi connectivity index (χ4v) is 1.44. The minimum atomic E-state index is -0.596. The van der Waals surface area contributed by atoms with Crippen molar-refractivity contribution in [1.29, 1.82) is 5.26 Å². The lowest BCUT2D eigenvalue weighted by Crippen LogP contribution is -1.99. The molecule has 0 saturated carbocycles. The molecule has 0 amide bonds. The summed E-state index contributed by atoms with van der Waals surface area (Å²) in [5, 5.41) is 22.5. The first-order chi connectivity index (χ1) is 9.10. The smallest absolute Gasteiger partial charge is 0.289 e. The van der Waals surface area contributed by atoms with E-state index >= 15 is 0 Å². The summed E-state index contributed by atoms with van der Waals surface area (Å²) in [5.74, 6) is 0.262. The summed E-state index contributed by atoms with van der Waals surface area (Å²) >= 11 is 0. The first kappa shape index (κ1) is 12.3. The van der Waals surface area contributed by atoms with Crippen LogP contribution in [0.3, 0.4) is 0 Å². The van der Waals surface area contributed by atoms with Gasteiger partial charge in [0, 0.05) is 17.4 Å². The van der Waals surface area contributed by atoms with Crippen molar-refractivity contribution >= 4 is 22.9 Å². The van der Waals surface area contributed by atoms with Gasteiger partial charge in [-0.3, -0.25) is 10.1 Å². The zero-order valence-corrected chi connectivity index (χ0v) is 9.70. The first-order valence-corrected chi connectivity index (χ1v) is 5.27. The van der Waals surface area contributed by atoms with E-state index in [-0.39, 0.29) is 17.1 Å². The van der Waals surface area contributed by atoms with E-state index in [0.717, 1.165) is 6.20 Å². The maximum absolute atomic E-state index is 10.6. The minimum absolute atomic E-state index is 0.103. The second-order valence-corrected chi connectivity index (χ2v) is 3.71. The molecule has 1 aromatic heterocycles. The average molecular weight is 255 g/mol. The quantitative estimate of drug-likeness (QED) is 0.493. The maximum Gasteiger partial charge on any atom is 0.289 e. The number of rotatable bonds is 3. The molecule has 0 aliphatic carbocycles. The van der Waals surface area contributed by atoms with Gasteiger partial charge >= 0.3 is 0 Å². The van der Waals surface area contributed by atoms with Crippen molar-refractivity contribution in [2.45, 2.75) is 0 Å². The summed E-state index contributed by atoms with van der Waals surface area (Å²) in [6.45, 7) is 0. The van der Waals surface area contributed by atoms with Gasteiger partial charge in [0.25, 0.3) is 5.69 Å². The van der Waals surface area contributed by atoms with Crippen LogP contribution in [0.4, 0.5) is 22.9 Å². The summed E-state index contributed by atoms with van der Waals surface area (Å²) in [4.78, 5) is 13.9. The van der Waals surface area contributed by atoms with Crippen LogP contribution in [0.25, 0.3) is 0 Å². The number of nitrogen functional groups attached to an aromatic ring is 1. The Kier molecular flexibility index (Phi) is 3.25. The maximum atomic E-state index is 10.6. The highest BCUT2D eigenvalue weighted by Crippen LogP contribution is 2.22. The van der Waals surface area contributed by atoms with Gasteiger partial charge < -0.3 is 11.1 Å². The molecule has 0 radical (unpaired) electrons. The van der Waals surface area contributed by atoms with E-state index in [0.29, 0.717) is 11.4 Å². The number of benzene rings is 1. The lowest BCUT2D eigenvalue weighted by Gasteiger charge is -2.07. The Bertz CT molecular complexity index is 661. The number of nitro groups is 1. The second-order valence-electron chi connectivity index (χ2n) is 3.71. The third-order valence-corrected chi connectivity index (χ3v) is 2.38. The summed E-state index contributed by atoms with van der Waals surface area (Å²) in [6.07, 6.45) is 1.10. The molecule has 7 nitrogen and oxygen atoms in total. The molecule has 2 rings (SSSR count). The molecule has 0 aliphatic rings. The number of hydrogen-bond acceptors (Lipinski definition) is 6. The molecule has 1 aromatic carbocycles. The van der Waals surface area contributed by atoms with Crippen LogP contribution in [0.1, 0.15) is 5.56 Å². The molecule has 0 fully saturated rings. The third kappa shape index (κ3) is 2.76. The number of nitrogens with two attached hydrogens (primary N) is 1. The topological polar surface area (TPSA) is 118 Å². The Labute approximate surface area is 108 Å². The highest BCUT2D eigenvalue weighted by atomic mass is 16.6. The van der Waals surface area contributed by atoms with Gasteiger partial charge in [-0.1, -0.05) is 0 Å². The predicted molar refractivity (Wildman–Crippen MR) is 69.7 cm³/mol. The molecule has 1 heterocycles. The molecular formula is C12H9N5O2. The average Bonchev–Trinajstić information content (AvgIpc) is 2.41. The number of nitriles is 1. The molecule has 3 N–H and O–H groups in total. The highest BCUT2D eigenvalue weighted by molar-refractivity contribution is 5.65. The van der Waals surface area contributed by atoms with E-state index in [1.165, 1.54) is 6.07 Å². The minimum Gasteiger partial charge on any atom is -0.399 e. The van der Waals surface area contributed by atoms with Gasteiger partial charge in [0.15, 0.2) is 0 Å². The summed E-state index contributed by atoms with van der Waals surface area (Å²) in [6, 6.07) is 9.87. The molecule has 0 bridgehead atoms. The largest absolute Gasteiger partial charge is 0.399 e. The molecule has 0 saturated heterocycles. The van der Waals surface area contributed by atoms with Gasteiger partial charge in [-0.05, 0) is 24.3 Å². The zero-order chi connectivity index (χ0) is 13.8. The van der Waals surface area contributed by atoms with Gasteiger partial charge in [0.05, 0.1) is 4.92 Å². The van der Waals surface area contributed by atoms with Crippen LogP contribution in [-0.2, 0) is 0 Å². The van der Waals surface area contributed by atoms with Gasteiger partial charge in [0.1, 0.15) is 23.6 Å². The van der Waals surface area contributed by atoms with Gasteiger partial charge in [0.2, 0.25) is 0 Å². The Morgan fingerprint density at radius 3 is 2.63 bits per heavy atom. The Morgan fingerprint density at radius 2 is 2.05 bits per heavy atom. The van der Waals surface area contributed by atoms with Crippen molar-refractivity contribution in [1.82, 2.24) is 4.98 Å². The Morgan fingerprint density at radius 1 is 1.37 bits per heavy atom. The predicted octanol–water partition coefficient (Wildman–Crippen LogP) is 2.19. The fraction of sp³-hybridized carbons (Fsp3) is 0. The number of aromatic nitrogens is 1. The fourth-order valence-electron chi connectivity index (χ4n) is 1.44. The first-order valence-electron chi connectivity index (χ1n) is 5.27. The number of anilines is 3. The van der Waals surface area contributed by atoms with E-state index in [9.17, 15) is 10.1 Å². The summed E-state index contributed by atoms with van der Waals surface area (Å²) in [5.41, 5.74) is 6.74. The van der Waals surface area contributed by atoms with E-state index < -0.39 is 4.92 Å². The Hall–Kier alpha value is -3.14. The van der Waals surface area contributed by atoms with Crippen LogP contribution in [-0.4, -0.2) is 9.91 Å². The molecule has 0 atom stereocenters. The van der Waals surface area contributed by atoms with Crippen molar-refractivity contribution in [2.75, 3.05) is 11.1 Å². The van der Waals surface area contributed by atoms with E-state index in [1.807, 2.05) is 6.07 Å². The van der Waals surface area contributed by atoms with Crippen LogP contribution in [0.2, 0.25) is 0 Å². The number of pyridine rings is 1. The number of nitrogens with one attached hydrogen (secondary N) is 1. The normalized spacial score (nSPS) is 9.63. The van der Waals surface area contributed by atoms with Crippen LogP contribution >= 0.6 is 0 Å². The lowest BCUT2D eigenvalue weighted by molar-refractivity contribution is -0.385. The van der Waals surface area contributed by atoms with E-state index in [1.54, 1.807) is 24.3 Å². The second kappa shape index (κ2) is 5.01. The van der Waals surface area contributed by atoms with Crippen molar-refractivity contribution in [3.8, 4) is 6.07 Å². The number of nitrogens with zero attached hydrogens (tertiary/aromatic N) is 3. The highest BCUT2D eigenvalue weighted by Gasteiger charge is 2.12. The van der Waals surface area contributed by atoms with Crippen LogP contribution in [0.15, 0.2) is 36.5 Å². The van der Waals surface area contributed by atoms with Crippen molar-refractivity contribution in [3.05, 3.63) is 52.2 Å².